The van der Waals surface area contributed by atoms with Crippen molar-refractivity contribution in [1.82, 2.24) is 0 Å². The minimum Gasteiger partial charge on any atom is -0.469 e. The number of carbonyl (C=O) groups is 1. The van der Waals surface area contributed by atoms with Gasteiger partial charge in [0.2, 0.25) is 0 Å². The molecule has 0 radical (unpaired) electrons. The quantitative estimate of drug-likeness (QED) is 0.411. The van der Waals surface area contributed by atoms with Gasteiger partial charge in [0.1, 0.15) is 0 Å². The lowest BCUT2D eigenvalue weighted by molar-refractivity contribution is -0.146. The first kappa shape index (κ1) is 15.5. The molecule has 16 heavy (non-hydrogen) atoms. The maximum absolute atomic E-state index is 11.5. The number of ether oxygens (including phenoxy) is 1. The molecule has 2 nitrogen and oxygen atoms in total. The molecular formula is C14H28O2. The van der Waals surface area contributed by atoms with Crippen molar-refractivity contribution in [2.24, 2.45) is 5.92 Å². The van der Waals surface area contributed by atoms with E-state index in [0.717, 1.165) is 19.3 Å². The predicted octanol–water partition coefficient (Wildman–Crippen LogP) is 4.33. The Morgan fingerprint density at radius 3 is 1.94 bits per heavy atom. The molecule has 0 saturated carbocycles. The molecule has 1 atom stereocenters. The molecule has 0 aliphatic rings. The molecule has 0 bridgehead atoms. The van der Waals surface area contributed by atoms with Crippen molar-refractivity contribution in [2.45, 2.75) is 71.6 Å². The van der Waals surface area contributed by atoms with E-state index in [-0.39, 0.29) is 11.9 Å². The summed E-state index contributed by atoms with van der Waals surface area (Å²) in [6.07, 6.45) is 10.6. The Hall–Kier alpha value is -0.530. The second-order valence-corrected chi connectivity index (χ2v) is 4.57. The third kappa shape index (κ3) is 7.72. The number of unbranched alkanes of at least 4 members (excludes halogenated alkanes) is 5. The van der Waals surface area contributed by atoms with Crippen LogP contribution in [0.3, 0.4) is 0 Å². The fourth-order valence-corrected chi connectivity index (χ4v) is 2.00. The van der Waals surface area contributed by atoms with Crippen molar-refractivity contribution >= 4 is 5.97 Å². The van der Waals surface area contributed by atoms with Gasteiger partial charge in [0.15, 0.2) is 0 Å². The van der Waals surface area contributed by atoms with E-state index in [2.05, 4.69) is 13.8 Å². The van der Waals surface area contributed by atoms with E-state index in [0.29, 0.717) is 0 Å². The van der Waals surface area contributed by atoms with E-state index in [1.54, 1.807) is 0 Å². The number of rotatable bonds is 10. The van der Waals surface area contributed by atoms with Gasteiger partial charge in [-0.2, -0.15) is 0 Å². The molecule has 2 heteroatoms. The van der Waals surface area contributed by atoms with Crippen LogP contribution in [-0.4, -0.2) is 13.1 Å². The first-order valence-corrected chi connectivity index (χ1v) is 6.84. The van der Waals surface area contributed by atoms with Crippen LogP contribution in [0.5, 0.6) is 0 Å². The SMILES string of the molecule is CCCCCC[C@@H](CCCCC)C(=O)OC. The summed E-state index contributed by atoms with van der Waals surface area (Å²) in [6.45, 7) is 4.40. The maximum Gasteiger partial charge on any atom is 0.308 e. The van der Waals surface area contributed by atoms with Crippen LogP contribution in [0.25, 0.3) is 0 Å². The van der Waals surface area contributed by atoms with Crippen molar-refractivity contribution in [3.05, 3.63) is 0 Å². The van der Waals surface area contributed by atoms with E-state index >= 15 is 0 Å². The van der Waals surface area contributed by atoms with Gasteiger partial charge in [0.25, 0.3) is 0 Å². The van der Waals surface area contributed by atoms with Crippen LogP contribution >= 0.6 is 0 Å². The predicted molar refractivity (Wildman–Crippen MR) is 68.4 cm³/mol. The molecule has 0 amide bonds. The zero-order valence-electron chi connectivity index (χ0n) is 11.3. The van der Waals surface area contributed by atoms with Gasteiger partial charge in [-0.05, 0) is 12.8 Å². The van der Waals surface area contributed by atoms with Gasteiger partial charge in [0.05, 0.1) is 13.0 Å². The molecule has 0 N–H and O–H groups in total. The lowest BCUT2D eigenvalue weighted by Crippen LogP contribution is -2.16. The van der Waals surface area contributed by atoms with Crippen LogP contribution in [0, 0.1) is 5.92 Å². The molecule has 0 unspecified atom stereocenters. The average molecular weight is 228 g/mol. The third-order valence-corrected chi connectivity index (χ3v) is 3.10. The lowest BCUT2D eigenvalue weighted by atomic mass is 9.95. The zero-order valence-corrected chi connectivity index (χ0v) is 11.3. The third-order valence-electron chi connectivity index (χ3n) is 3.10. The van der Waals surface area contributed by atoms with E-state index in [4.69, 9.17) is 4.74 Å². The largest absolute Gasteiger partial charge is 0.469 e. The number of esters is 1. The van der Waals surface area contributed by atoms with Gasteiger partial charge in [-0.1, -0.05) is 58.8 Å². The van der Waals surface area contributed by atoms with Gasteiger partial charge >= 0.3 is 5.97 Å². The average Bonchev–Trinajstić information content (AvgIpc) is 2.31. The number of hydrogen-bond donors (Lipinski definition) is 0. The first-order chi connectivity index (χ1) is 7.76. The summed E-state index contributed by atoms with van der Waals surface area (Å²) in [5.41, 5.74) is 0. The van der Waals surface area contributed by atoms with E-state index < -0.39 is 0 Å². The van der Waals surface area contributed by atoms with Gasteiger partial charge in [-0.25, -0.2) is 0 Å². The Bertz CT molecular complexity index is 166. The minimum absolute atomic E-state index is 0.00685. The van der Waals surface area contributed by atoms with Crippen LogP contribution in [0.1, 0.15) is 71.6 Å². The van der Waals surface area contributed by atoms with Crippen LogP contribution in [0.4, 0.5) is 0 Å². The summed E-state index contributed by atoms with van der Waals surface area (Å²) in [5.74, 6) is 0.140. The van der Waals surface area contributed by atoms with E-state index in [1.165, 1.54) is 45.6 Å². The molecule has 0 aliphatic heterocycles. The molecule has 0 heterocycles. The maximum atomic E-state index is 11.5. The first-order valence-electron chi connectivity index (χ1n) is 6.84. The zero-order chi connectivity index (χ0) is 12.2. The molecular weight excluding hydrogens is 200 g/mol. The van der Waals surface area contributed by atoms with Crippen molar-refractivity contribution in [1.29, 1.82) is 0 Å². The molecule has 0 saturated heterocycles. The van der Waals surface area contributed by atoms with Crippen LogP contribution < -0.4 is 0 Å². The highest BCUT2D eigenvalue weighted by molar-refractivity contribution is 5.72. The van der Waals surface area contributed by atoms with Gasteiger partial charge in [0, 0.05) is 0 Å². The monoisotopic (exact) mass is 228 g/mol. The highest BCUT2D eigenvalue weighted by Crippen LogP contribution is 2.19. The highest BCUT2D eigenvalue weighted by atomic mass is 16.5. The second-order valence-electron chi connectivity index (χ2n) is 4.57. The number of methoxy groups -OCH3 is 1. The Labute approximate surface area is 101 Å². The van der Waals surface area contributed by atoms with Gasteiger partial charge < -0.3 is 4.74 Å². The molecule has 0 aromatic rings. The van der Waals surface area contributed by atoms with Crippen LogP contribution in [0.15, 0.2) is 0 Å². The van der Waals surface area contributed by atoms with Crippen molar-refractivity contribution in [3.8, 4) is 0 Å². The Morgan fingerprint density at radius 1 is 0.938 bits per heavy atom. The summed E-state index contributed by atoms with van der Waals surface area (Å²) in [4.78, 5) is 11.5. The molecule has 96 valence electrons. The Kier molecular flexibility index (Phi) is 10.6. The van der Waals surface area contributed by atoms with E-state index in [1.807, 2.05) is 0 Å². The highest BCUT2D eigenvalue weighted by Gasteiger charge is 2.17. The summed E-state index contributed by atoms with van der Waals surface area (Å²) >= 11 is 0. The van der Waals surface area contributed by atoms with Crippen LogP contribution in [0.2, 0.25) is 0 Å². The fourth-order valence-electron chi connectivity index (χ4n) is 2.00. The lowest BCUT2D eigenvalue weighted by Gasteiger charge is -2.14. The molecule has 0 aromatic heterocycles. The molecule has 0 aromatic carbocycles. The van der Waals surface area contributed by atoms with Gasteiger partial charge in [-0.3, -0.25) is 4.79 Å². The summed E-state index contributed by atoms with van der Waals surface area (Å²) in [5, 5.41) is 0. The van der Waals surface area contributed by atoms with Crippen molar-refractivity contribution < 1.29 is 9.53 Å². The fraction of sp³-hybridized carbons (Fsp3) is 0.929. The minimum atomic E-state index is -0.00685. The molecule has 0 rings (SSSR count). The standard InChI is InChI=1S/C14H28O2/c1-4-6-8-10-12-13(14(15)16-3)11-9-7-5-2/h13H,4-12H2,1-3H3/t13-/m1/s1. The Balaban J connectivity index is 3.77. The van der Waals surface area contributed by atoms with Crippen LogP contribution in [-0.2, 0) is 9.53 Å². The summed E-state index contributed by atoms with van der Waals surface area (Å²) < 4.78 is 4.86. The smallest absolute Gasteiger partial charge is 0.308 e. The summed E-state index contributed by atoms with van der Waals surface area (Å²) in [7, 11) is 1.50. The summed E-state index contributed by atoms with van der Waals surface area (Å²) in [6, 6.07) is 0. The van der Waals surface area contributed by atoms with E-state index in [9.17, 15) is 4.79 Å². The molecule has 0 spiro atoms. The van der Waals surface area contributed by atoms with Crippen molar-refractivity contribution in [3.63, 3.8) is 0 Å². The Morgan fingerprint density at radius 2 is 1.44 bits per heavy atom. The molecule has 0 fully saturated rings. The van der Waals surface area contributed by atoms with Crippen molar-refractivity contribution in [2.75, 3.05) is 7.11 Å². The number of carbonyl (C=O) groups excluding carboxylic acids is 1. The topological polar surface area (TPSA) is 26.3 Å². The normalized spacial score (nSPS) is 12.4. The molecule has 0 aliphatic carbocycles. The van der Waals surface area contributed by atoms with Gasteiger partial charge in [-0.15, -0.1) is 0 Å². The second kappa shape index (κ2) is 11.0. The number of hydrogen-bond acceptors (Lipinski definition) is 2.